The summed E-state index contributed by atoms with van der Waals surface area (Å²) in [5.41, 5.74) is 1.85. The molecule has 0 bridgehead atoms. The van der Waals surface area contributed by atoms with Crippen molar-refractivity contribution >= 4 is 47.6 Å². The molecule has 0 saturated heterocycles. The normalized spacial score (nSPS) is 11.3. The number of nitrogens with one attached hydrogen (secondary N) is 1. The molecule has 2 aromatic rings. The molecule has 23 heavy (non-hydrogen) atoms. The molecule has 2 rings (SSSR count). The van der Waals surface area contributed by atoms with Crippen LogP contribution in [0.5, 0.6) is 5.75 Å². The van der Waals surface area contributed by atoms with Crippen LogP contribution in [0, 0.1) is 0 Å². The van der Waals surface area contributed by atoms with Gasteiger partial charge in [-0.3, -0.25) is 0 Å². The first-order chi connectivity index (χ1) is 10.8. The quantitative estimate of drug-likeness (QED) is 0.681. The van der Waals surface area contributed by atoms with E-state index in [2.05, 4.69) is 37.2 Å². The monoisotopic (exact) mass is 462 g/mol. The van der Waals surface area contributed by atoms with Crippen molar-refractivity contribution in [1.29, 1.82) is 0 Å². The highest BCUT2D eigenvalue weighted by Crippen LogP contribution is 2.35. The molecule has 124 valence electrons. The van der Waals surface area contributed by atoms with E-state index in [4.69, 9.17) is 9.88 Å². The molecule has 0 unspecified atom stereocenters. The molecule has 0 fully saturated rings. The van der Waals surface area contributed by atoms with Crippen molar-refractivity contribution in [2.75, 3.05) is 11.9 Å². The van der Waals surface area contributed by atoms with Crippen LogP contribution in [0.25, 0.3) is 0 Å². The predicted octanol–water partition coefficient (Wildman–Crippen LogP) is 3.87. The topological polar surface area (TPSA) is 81.4 Å². The van der Waals surface area contributed by atoms with Crippen molar-refractivity contribution in [3.8, 4) is 5.75 Å². The lowest BCUT2D eigenvalue weighted by Gasteiger charge is -2.12. The van der Waals surface area contributed by atoms with Crippen molar-refractivity contribution in [2.45, 2.75) is 18.4 Å². The van der Waals surface area contributed by atoms with Crippen LogP contribution in [0.3, 0.4) is 0 Å². The molecule has 3 N–H and O–H groups in total. The molecule has 8 heteroatoms. The van der Waals surface area contributed by atoms with Gasteiger partial charge in [0.2, 0.25) is 10.0 Å². The minimum Gasteiger partial charge on any atom is -0.492 e. The number of benzene rings is 2. The number of ether oxygens (including phenoxy) is 1. The van der Waals surface area contributed by atoms with Gasteiger partial charge in [-0.1, -0.05) is 0 Å². The van der Waals surface area contributed by atoms with E-state index in [9.17, 15) is 8.42 Å². The maximum Gasteiger partial charge on any atom is 0.238 e. The van der Waals surface area contributed by atoms with Crippen LogP contribution in [0.4, 0.5) is 5.69 Å². The Bertz CT molecular complexity index is 770. The van der Waals surface area contributed by atoms with Crippen LogP contribution < -0.4 is 15.2 Å². The van der Waals surface area contributed by atoms with Crippen LogP contribution in [-0.2, 0) is 16.6 Å². The Kier molecular flexibility index (Phi) is 6.07. The van der Waals surface area contributed by atoms with Gasteiger partial charge in [-0.25, -0.2) is 13.6 Å². The van der Waals surface area contributed by atoms with Gasteiger partial charge in [0, 0.05) is 12.2 Å². The first-order valence-electron chi connectivity index (χ1n) is 6.78. The van der Waals surface area contributed by atoms with Gasteiger partial charge in [0.1, 0.15) is 5.75 Å². The zero-order valence-electron chi connectivity index (χ0n) is 12.3. The minimum atomic E-state index is -3.66. The van der Waals surface area contributed by atoms with Crippen molar-refractivity contribution in [1.82, 2.24) is 0 Å². The zero-order valence-corrected chi connectivity index (χ0v) is 16.3. The highest BCUT2D eigenvalue weighted by atomic mass is 79.9. The standard InChI is InChI=1S/C15H16Br2N2O3S/c1-2-22-15-13(16)7-10(8-14(15)17)9-19-11-3-5-12(6-4-11)23(18,20)21/h3-8,19H,2,9H2,1H3,(H2,18,20,21). The third-order valence-electron chi connectivity index (χ3n) is 3.03. The largest absolute Gasteiger partial charge is 0.492 e. The summed E-state index contributed by atoms with van der Waals surface area (Å²) in [5.74, 6) is 0.772. The maximum atomic E-state index is 11.2. The third kappa shape index (κ3) is 4.94. The summed E-state index contributed by atoms with van der Waals surface area (Å²) < 4.78 is 29.7. The molecule has 0 radical (unpaired) electrons. The molecule has 5 nitrogen and oxygen atoms in total. The average Bonchev–Trinajstić information content (AvgIpc) is 2.48. The average molecular weight is 464 g/mol. The summed E-state index contributed by atoms with van der Waals surface area (Å²) in [6, 6.07) is 10.3. The fourth-order valence-corrected chi connectivity index (χ4v) is 3.99. The Morgan fingerprint density at radius 3 is 2.17 bits per heavy atom. The van der Waals surface area contributed by atoms with E-state index >= 15 is 0 Å². The summed E-state index contributed by atoms with van der Waals surface area (Å²) in [4.78, 5) is 0.0922. The minimum absolute atomic E-state index is 0.0922. The third-order valence-corrected chi connectivity index (χ3v) is 5.13. The van der Waals surface area contributed by atoms with E-state index in [1.54, 1.807) is 12.1 Å². The molecule has 0 aliphatic rings. The molecule has 0 saturated carbocycles. The molecule has 0 aliphatic heterocycles. The molecule has 0 aromatic heterocycles. The SMILES string of the molecule is CCOc1c(Br)cc(CNc2ccc(S(N)(=O)=O)cc2)cc1Br. The molecule has 0 atom stereocenters. The predicted molar refractivity (Wildman–Crippen MR) is 98.2 cm³/mol. The van der Waals surface area contributed by atoms with Gasteiger partial charge in [-0.15, -0.1) is 0 Å². The summed E-state index contributed by atoms with van der Waals surface area (Å²) in [7, 11) is -3.66. The van der Waals surface area contributed by atoms with E-state index < -0.39 is 10.0 Å². The molecule has 2 aromatic carbocycles. The van der Waals surface area contributed by atoms with Crippen molar-refractivity contribution in [3.63, 3.8) is 0 Å². The van der Waals surface area contributed by atoms with Gasteiger partial charge in [0.25, 0.3) is 0 Å². The molecule has 0 amide bonds. The lowest BCUT2D eigenvalue weighted by atomic mass is 10.2. The van der Waals surface area contributed by atoms with Gasteiger partial charge < -0.3 is 10.1 Å². The van der Waals surface area contributed by atoms with Crippen LogP contribution in [0.2, 0.25) is 0 Å². The number of rotatable bonds is 6. The summed E-state index contributed by atoms with van der Waals surface area (Å²) in [5, 5.41) is 8.30. The van der Waals surface area contributed by atoms with Crippen molar-refractivity contribution in [3.05, 3.63) is 50.9 Å². The fraction of sp³-hybridized carbons (Fsp3) is 0.200. The molecular weight excluding hydrogens is 448 g/mol. The smallest absolute Gasteiger partial charge is 0.238 e. The number of primary sulfonamides is 1. The van der Waals surface area contributed by atoms with Gasteiger partial charge in [0.15, 0.2) is 0 Å². The lowest BCUT2D eigenvalue weighted by Crippen LogP contribution is -2.12. The second kappa shape index (κ2) is 7.65. The van der Waals surface area contributed by atoms with E-state index in [1.807, 2.05) is 19.1 Å². The van der Waals surface area contributed by atoms with E-state index in [-0.39, 0.29) is 4.90 Å². The Balaban J connectivity index is 2.09. The van der Waals surface area contributed by atoms with E-state index in [0.717, 1.165) is 25.9 Å². The Morgan fingerprint density at radius 2 is 1.70 bits per heavy atom. The molecular formula is C15H16Br2N2O3S. The summed E-state index contributed by atoms with van der Waals surface area (Å²) >= 11 is 6.99. The first-order valence-corrected chi connectivity index (χ1v) is 9.92. The van der Waals surface area contributed by atoms with Crippen LogP contribution >= 0.6 is 31.9 Å². The highest BCUT2D eigenvalue weighted by molar-refractivity contribution is 9.11. The number of hydrogen-bond donors (Lipinski definition) is 2. The lowest BCUT2D eigenvalue weighted by molar-refractivity contribution is 0.336. The van der Waals surface area contributed by atoms with Crippen LogP contribution in [0.15, 0.2) is 50.2 Å². The number of hydrogen-bond acceptors (Lipinski definition) is 4. The zero-order chi connectivity index (χ0) is 17.0. The second-order valence-corrected chi connectivity index (χ2v) is 8.01. The van der Waals surface area contributed by atoms with E-state index in [0.29, 0.717) is 13.2 Å². The Morgan fingerprint density at radius 1 is 1.13 bits per heavy atom. The van der Waals surface area contributed by atoms with Crippen molar-refractivity contribution in [2.24, 2.45) is 5.14 Å². The van der Waals surface area contributed by atoms with Gasteiger partial charge in [-0.2, -0.15) is 0 Å². The Hall–Kier alpha value is -1.09. The van der Waals surface area contributed by atoms with Gasteiger partial charge >= 0.3 is 0 Å². The highest BCUT2D eigenvalue weighted by Gasteiger charge is 2.09. The van der Waals surface area contributed by atoms with E-state index in [1.165, 1.54) is 12.1 Å². The van der Waals surface area contributed by atoms with Crippen LogP contribution in [0.1, 0.15) is 12.5 Å². The summed E-state index contributed by atoms with van der Waals surface area (Å²) in [6.45, 7) is 3.10. The maximum absolute atomic E-state index is 11.2. The summed E-state index contributed by atoms with van der Waals surface area (Å²) in [6.07, 6.45) is 0. The van der Waals surface area contributed by atoms with Gasteiger partial charge in [0.05, 0.1) is 20.4 Å². The fourth-order valence-electron chi connectivity index (χ4n) is 1.96. The van der Waals surface area contributed by atoms with Gasteiger partial charge in [-0.05, 0) is 80.7 Å². The number of sulfonamides is 1. The molecule has 0 spiro atoms. The first kappa shape index (κ1) is 18.3. The van der Waals surface area contributed by atoms with Crippen LogP contribution in [-0.4, -0.2) is 15.0 Å². The number of nitrogens with two attached hydrogens (primary N) is 1. The second-order valence-electron chi connectivity index (χ2n) is 4.74. The molecule has 0 heterocycles. The number of halogens is 2. The Labute approximate surface area is 152 Å². The molecule has 0 aliphatic carbocycles. The van der Waals surface area contributed by atoms with Crippen molar-refractivity contribution < 1.29 is 13.2 Å². The number of anilines is 1.